The van der Waals surface area contributed by atoms with Crippen molar-refractivity contribution in [2.75, 3.05) is 6.54 Å². The maximum Gasteiger partial charge on any atom is 0.394 e. The van der Waals surface area contributed by atoms with E-state index in [0.29, 0.717) is 10.8 Å². The molecule has 3 nitrogen and oxygen atoms in total. The van der Waals surface area contributed by atoms with Crippen LogP contribution in [0.1, 0.15) is 0 Å². The lowest BCUT2D eigenvalue weighted by Gasteiger charge is -2.19. The molecule has 0 radical (unpaired) electrons. The Kier molecular flexibility index (Phi) is 3.61. The number of aromatic nitrogens is 1. The summed E-state index contributed by atoms with van der Waals surface area (Å²) < 4.78 is 39.0. The van der Waals surface area contributed by atoms with Crippen LogP contribution in [0.15, 0.2) is 41.3 Å². The highest BCUT2D eigenvalue weighted by atomic mass is 19.4. The molecule has 1 heterocycles. The normalized spacial score (nSPS) is 13.7. The van der Waals surface area contributed by atoms with Crippen LogP contribution in [0.25, 0.3) is 10.8 Å². The largest absolute Gasteiger partial charge is 0.394 e. The fourth-order valence-corrected chi connectivity index (χ4v) is 1.92. The number of hydrogen-bond donors (Lipinski definition) is 1. The molecule has 0 saturated heterocycles. The van der Waals surface area contributed by atoms with Crippen molar-refractivity contribution < 1.29 is 13.2 Å². The lowest BCUT2D eigenvalue weighted by atomic mass is 10.1. The molecule has 2 aromatic rings. The number of nitrogens with two attached hydrogens (primary N) is 1. The van der Waals surface area contributed by atoms with Gasteiger partial charge in [0.25, 0.3) is 5.56 Å². The van der Waals surface area contributed by atoms with Crippen LogP contribution in [0.5, 0.6) is 0 Å². The van der Waals surface area contributed by atoms with E-state index in [4.69, 9.17) is 5.73 Å². The van der Waals surface area contributed by atoms with Crippen molar-refractivity contribution >= 4 is 10.8 Å². The van der Waals surface area contributed by atoms with Crippen molar-refractivity contribution in [2.45, 2.75) is 12.7 Å². The summed E-state index contributed by atoms with van der Waals surface area (Å²) in [6.45, 7) is -0.994. The predicted octanol–water partition coefficient (Wildman–Crippen LogP) is 2.14. The highest BCUT2D eigenvalue weighted by Gasteiger charge is 2.38. The molecule has 0 bridgehead atoms. The molecule has 0 aliphatic heterocycles. The Morgan fingerprint density at radius 1 is 1.21 bits per heavy atom. The Bertz CT molecular complexity index is 634. The number of halogens is 3. The van der Waals surface area contributed by atoms with Crippen molar-refractivity contribution in [3.8, 4) is 0 Å². The van der Waals surface area contributed by atoms with Crippen LogP contribution in [0.4, 0.5) is 13.2 Å². The van der Waals surface area contributed by atoms with Gasteiger partial charge >= 0.3 is 6.18 Å². The molecule has 0 fully saturated rings. The number of pyridine rings is 1. The van der Waals surface area contributed by atoms with Crippen LogP contribution in [-0.2, 0) is 6.54 Å². The molecule has 1 aromatic heterocycles. The van der Waals surface area contributed by atoms with Crippen LogP contribution < -0.4 is 11.3 Å². The zero-order chi connectivity index (χ0) is 14.0. The molecule has 0 aliphatic rings. The fraction of sp³-hybridized carbons (Fsp3) is 0.308. The van der Waals surface area contributed by atoms with Crippen LogP contribution in [0.2, 0.25) is 0 Å². The Hall–Kier alpha value is -1.82. The van der Waals surface area contributed by atoms with Gasteiger partial charge in [-0.25, -0.2) is 0 Å². The smallest absolute Gasteiger partial charge is 0.330 e. The molecule has 0 aliphatic carbocycles. The molecular weight excluding hydrogens is 257 g/mol. The molecule has 0 amide bonds. The summed E-state index contributed by atoms with van der Waals surface area (Å²) in [5.74, 6) is -1.72. The average Bonchev–Trinajstić information content (AvgIpc) is 2.37. The van der Waals surface area contributed by atoms with E-state index in [9.17, 15) is 18.0 Å². The monoisotopic (exact) mass is 270 g/mol. The maximum atomic E-state index is 12.7. The first-order chi connectivity index (χ1) is 8.93. The minimum absolute atomic E-state index is 0.406. The molecule has 2 rings (SSSR count). The first-order valence-electron chi connectivity index (χ1n) is 5.78. The van der Waals surface area contributed by atoms with E-state index in [0.717, 1.165) is 4.57 Å². The standard InChI is InChI=1S/C13H13F3N2O/c14-13(15,16)10(7-17)8-18-6-5-9-3-1-2-4-11(9)12(18)19/h1-6,10H,7-8,17H2. The van der Waals surface area contributed by atoms with Gasteiger partial charge in [-0.15, -0.1) is 0 Å². The summed E-state index contributed by atoms with van der Waals surface area (Å²) in [6, 6.07) is 8.41. The molecule has 1 atom stereocenters. The van der Waals surface area contributed by atoms with E-state index in [1.807, 2.05) is 0 Å². The third-order valence-electron chi connectivity index (χ3n) is 3.05. The van der Waals surface area contributed by atoms with Gasteiger partial charge in [0.2, 0.25) is 0 Å². The number of fused-ring (bicyclic) bond motifs is 1. The average molecular weight is 270 g/mol. The van der Waals surface area contributed by atoms with Gasteiger partial charge in [0, 0.05) is 24.7 Å². The second kappa shape index (κ2) is 5.05. The lowest BCUT2D eigenvalue weighted by molar-refractivity contribution is -0.175. The molecule has 19 heavy (non-hydrogen) atoms. The summed E-state index contributed by atoms with van der Waals surface area (Å²) >= 11 is 0. The minimum Gasteiger partial charge on any atom is -0.330 e. The van der Waals surface area contributed by atoms with Crippen LogP contribution in [-0.4, -0.2) is 17.3 Å². The topological polar surface area (TPSA) is 48.0 Å². The van der Waals surface area contributed by atoms with Crippen molar-refractivity contribution in [3.05, 3.63) is 46.9 Å². The Labute approximate surface area is 107 Å². The van der Waals surface area contributed by atoms with Crippen molar-refractivity contribution in [1.82, 2.24) is 4.57 Å². The Morgan fingerprint density at radius 3 is 2.53 bits per heavy atom. The quantitative estimate of drug-likeness (QED) is 0.928. The molecule has 0 spiro atoms. The summed E-state index contributed by atoms with van der Waals surface area (Å²) in [6.07, 6.45) is -3.03. The Morgan fingerprint density at radius 2 is 1.89 bits per heavy atom. The van der Waals surface area contributed by atoms with Gasteiger partial charge in [-0.3, -0.25) is 4.79 Å². The molecular formula is C13H13F3N2O. The minimum atomic E-state index is -4.40. The highest BCUT2D eigenvalue weighted by Crippen LogP contribution is 2.26. The van der Waals surface area contributed by atoms with Gasteiger partial charge in [0.15, 0.2) is 0 Å². The first kappa shape index (κ1) is 13.6. The molecule has 102 valence electrons. The maximum absolute atomic E-state index is 12.7. The van der Waals surface area contributed by atoms with E-state index in [1.165, 1.54) is 6.20 Å². The van der Waals surface area contributed by atoms with E-state index in [1.54, 1.807) is 30.3 Å². The second-order valence-electron chi connectivity index (χ2n) is 4.33. The van der Waals surface area contributed by atoms with Gasteiger partial charge in [0.05, 0.1) is 5.92 Å². The van der Waals surface area contributed by atoms with Gasteiger partial charge in [-0.1, -0.05) is 18.2 Å². The molecule has 1 unspecified atom stereocenters. The fourth-order valence-electron chi connectivity index (χ4n) is 1.92. The van der Waals surface area contributed by atoms with Crippen LogP contribution >= 0.6 is 0 Å². The van der Waals surface area contributed by atoms with E-state index in [-0.39, 0.29) is 0 Å². The lowest BCUT2D eigenvalue weighted by Crippen LogP contribution is -2.36. The van der Waals surface area contributed by atoms with Gasteiger partial charge in [-0.05, 0) is 17.5 Å². The summed E-state index contributed by atoms with van der Waals surface area (Å²) in [7, 11) is 0. The molecule has 0 saturated carbocycles. The van der Waals surface area contributed by atoms with E-state index in [2.05, 4.69) is 0 Å². The first-order valence-corrected chi connectivity index (χ1v) is 5.78. The SMILES string of the molecule is NCC(Cn1ccc2ccccc2c1=O)C(F)(F)F. The summed E-state index contributed by atoms with van der Waals surface area (Å²) in [4.78, 5) is 12.1. The third-order valence-corrected chi connectivity index (χ3v) is 3.05. The van der Waals surface area contributed by atoms with Crippen LogP contribution in [0.3, 0.4) is 0 Å². The summed E-state index contributed by atoms with van der Waals surface area (Å²) in [5, 5.41) is 1.11. The zero-order valence-electron chi connectivity index (χ0n) is 10.0. The van der Waals surface area contributed by atoms with Gasteiger partial charge < -0.3 is 10.3 Å². The van der Waals surface area contributed by atoms with Crippen molar-refractivity contribution in [1.29, 1.82) is 0 Å². The highest BCUT2D eigenvalue weighted by molar-refractivity contribution is 5.81. The van der Waals surface area contributed by atoms with E-state index < -0.39 is 30.7 Å². The number of benzene rings is 1. The number of rotatable bonds is 3. The predicted molar refractivity (Wildman–Crippen MR) is 66.8 cm³/mol. The Balaban J connectivity index is 2.41. The van der Waals surface area contributed by atoms with Crippen molar-refractivity contribution in [3.63, 3.8) is 0 Å². The second-order valence-corrected chi connectivity index (χ2v) is 4.33. The molecule has 2 N–H and O–H groups in total. The van der Waals surface area contributed by atoms with E-state index >= 15 is 0 Å². The van der Waals surface area contributed by atoms with Crippen molar-refractivity contribution in [2.24, 2.45) is 11.7 Å². The molecule has 6 heteroatoms. The number of hydrogen-bond acceptors (Lipinski definition) is 2. The number of alkyl halides is 3. The van der Waals surface area contributed by atoms with Gasteiger partial charge in [0.1, 0.15) is 0 Å². The third kappa shape index (κ3) is 2.78. The van der Waals surface area contributed by atoms with Gasteiger partial charge in [-0.2, -0.15) is 13.2 Å². The number of nitrogens with zero attached hydrogens (tertiary/aromatic N) is 1. The molecule has 1 aromatic carbocycles. The summed E-state index contributed by atoms with van der Waals surface area (Å²) in [5.41, 5.74) is 4.70. The van der Waals surface area contributed by atoms with Crippen LogP contribution in [0, 0.1) is 5.92 Å². The zero-order valence-corrected chi connectivity index (χ0v) is 10.0.